The van der Waals surface area contributed by atoms with Crippen LogP contribution in [0, 0.1) is 0 Å². The first-order chi connectivity index (χ1) is 14.4. The third-order valence-corrected chi connectivity index (χ3v) is 7.18. The van der Waals surface area contributed by atoms with Gasteiger partial charge in [-0.25, -0.2) is 8.42 Å². The van der Waals surface area contributed by atoms with Crippen molar-refractivity contribution in [2.75, 3.05) is 19.7 Å². The van der Waals surface area contributed by atoms with Gasteiger partial charge in [0.15, 0.2) is 0 Å². The highest BCUT2D eigenvalue weighted by molar-refractivity contribution is 7.89. The number of ether oxygens (including phenoxy) is 1. The summed E-state index contributed by atoms with van der Waals surface area (Å²) in [5.74, 6) is -0.291. The lowest BCUT2D eigenvalue weighted by molar-refractivity contribution is 0.0846. The predicted molar refractivity (Wildman–Crippen MR) is 110 cm³/mol. The van der Waals surface area contributed by atoms with E-state index in [-0.39, 0.29) is 10.5 Å². The van der Waals surface area contributed by atoms with Gasteiger partial charge in [-0.15, -0.1) is 0 Å². The van der Waals surface area contributed by atoms with Crippen LogP contribution in [0.15, 0.2) is 47.4 Å². The van der Waals surface area contributed by atoms with Crippen LogP contribution in [-0.2, 0) is 16.4 Å². The van der Waals surface area contributed by atoms with Gasteiger partial charge in [-0.3, -0.25) is 20.4 Å². The molecule has 2 N–H and O–H groups in total. The lowest BCUT2D eigenvalue weighted by atomic mass is 10.1. The van der Waals surface area contributed by atoms with Crippen LogP contribution >= 0.6 is 0 Å². The van der Waals surface area contributed by atoms with Gasteiger partial charge in [0.1, 0.15) is 5.75 Å². The molecule has 2 aliphatic heterocycles. The summed E-state index contributed by atoms with van der Waals surface area (Å²) in [6.45, 7) is 1.56. The Bertz CT molecular complexity index is 1080. The van der Waals surface area contributed by atoms with Crippen molar-refractivity contribution in [2.24, 2.45) is 0 Å². The largest absolute Gasteiger partial charge is 0.493 e. The highest BCUT2D eigenvalue weighted by Gasteiger charge is 2.26. The summed E-state index contributed by atoms with van der Waals surface area (Å²) >= 11 is 0. The van der Waals surface area contributed by atoms with E-state index in [9.17, 15) is 18.0 Å². The van der Waals surface area contributed by atoms with E-state index in [0.29, 0.717) is 25.3 Å². The van der Waals surface area contributed by atoms with Crippen LogP contribution in [0.4, 0.5) is 0 Å². The van der Waals surface area contributed by atoms with E-state index in [0.717, 1.165) is 37.0 Å². The second-order valence-electron chi connectivity index (χ2n) is 7.32. The van der Waals surface area contributed by atoms with E-state index in [1.165, 1.54) is 28.6 Å². The minimum atomic E-state index is -3.64. The molecule has 0 aliphatic carbocycles. The molecule has 2 heterocycles. The summed E-state index contributed by atoms with van der Waals surface area (Å²) in [6, 6.07) is 10.9. The molecule has 158 valence electrons. The van der Waals surface area contributed by atoms with Gasteiger partial charge in [-0.1, -0.05) is 12.5 Å². The second-order valence-corrected chi connectivity index (χ2v) is 9.26. The zero-order valence-electron chi connectivity index (χ0n) is 16.4. The van der Waals surface area contributed by atoms with Gasteiger partial charge in [0.2, 0.25) is 10.0 Å². The quantitative estimate of drug-likeness (QED) is 0.722. The maximum absolute atomic E-state index is 12.8. The van der Waals surface area contributed by atoms with Gasteiger partial charge in [0.25, 0.3) is 11.8 Å². The molecule has 9 heteroatoms. The molecule has 2 aromatic rings. The van der Waals surface area contributed by atoms with E-state index < -0.39 is 21.8 Å². The van der Waals surface area contributed by atoms with Crippen LogP contribution < -0.4 is 15.6 Å². The number of hydrazine groups is 1. The number of benzene rings is 2. The van der Waals surface area contributed by atoms with Crippen molar-refractivity contribution < 1.29 is 22.7 Å². The lowest BCUT2D eigenvalue weighted by Gasteiger charge is -2.26. The Labute approximate surface area is 175 Å². The normalized spacial score (nSPS) is 16.4. The Kier molecular flexibility index (Phi) is 5.74. The van der Waals surface area contributed by atoms with E-state index >= 15 is 0 Å². The molecule has 4 rings (SSSR count). The number of hydrogen-bond acceptors (Lipinski definition) is 5. The van der Waals surface area contributed by atoms with Crippen molar-refractivity contribution in [2.45, 2.75) is 30.6 Å². The summed E-state index contributed by atoms with van der Waals surface area (Å²) in [7, 11) is -3.64. The molecule has 0 atom stereocenters. The first-order valence-corrected chi connectivity index (χ1v) is 11.4. The first kappa shape index (κ1) is 20.4. The predicted octanol–water partition coefficient (Wildman–Crippen LogP) is 1.87. The standard InChI is InChI=1S/C21H23N3O5S/c25-20(22-23-21(26)17-7-8-19-15(13-17)9-12-29-19)16-5-4-6-18(14-16)30(27,28)24-10-2-1-3-11-24/h4-8,13-14H,1-3,9-12H2,(H,22,25)(H,23,26). The molecule has 1 fully saturated rings. The number of carbonyl (C=O) groups is 2. The second kappa shape index (κ2) is 8.45. The average molecular weight is 429 g/mol. The number of fused-ring (bicyclic) bond motifs is 1. The number of amides is 2. The smallest absolute Gasteiger partial charge is 0.269 e. The fraction of sp³-hybridized carbons (Fsp3) is 0.333. The topological polar surface area (TPSA) is 105 Å². The van der Waals surface area contributed by atoms with Gasteiger partial charge >= 0.3 is 0 Å². The molecule has 2 aliphatic rings. The van der Waals surface area contributed by atoms with Crippen molar-refractivity contribution in [1.29, 1.82) is 0 Å². The number of nitrogens with one attached hydrogen (secondary N) is 2. The van der Waals surface area contributed by atoms with Gasteiger partial charge in [0, 0.05) is 30.6 Å². The first-order valence-electron chi connectivity index (χ1n) is 9.92. The molecular formula is C21H23N3O5S. The van der Waals surface area contributed by atoms with Crippen molar-refractivity contribution in [3.05, 3.63) is 59.2 Å². The molecule has 0 bridgehead atoms. The van der Waals surface area contributed by atoms with Crippen molar-refractivity contribution in [3.8, 4) is 5.75 Å². The third-order valence-electron chi connectivity index (χ3n) is 5.29. The molecular weight excluding hydrogens is 406 g/mol. The minimum Gasteiger partial charge on any atom is -0.493 e. The Morgan fingerprint density at radius 3 is 2.33 bits per heavy atom. The highest BCUT2D eigenvalue weighted by Crippen LogP contribution is 2.26. The van der Waals surface area contributed by atoms with E-state index in [2.05, 4.69) is 10.9 Å². The SMILES string of the molecule is O=C(NNC(=O)c1ccc2c(c1)CCO2)c1cccc(S(=O)(=O)N2CCCCC2)c1. The van der Waals surface area contributed by atoms with Crippen molar-refractivity contribution in [3.63, 3.8) is 0 Å². The zero-order chi connectivity index (χ0) is 21.1. The minimum absolute atomic E-state index is 0.0713. The van der Waals surface area contributed by atoms with Crippen LogP contribution in [0.3, 0.4) is 0 Å². The molecule has 30 heavy (non-hydrogen) atoms. The Morgan fingerprint density at radius 1 is 0.900 bits per heavy atom. The zero-order valence-corrected chi connectivity index (χ0v) is 17.2. The summed E-state index contributed by atoms with van der Waals surface area (Å²) < 4.78 is 32.5. The monoisotopic (exact) mass is 429 g/mol. The Morgan fingerprint density at radius 2 is 1.60 bits per heavy atom. The number of piperidine rings is 1. The molecule has 1 saturated heterocycles. The van der Waals surface area contributed by atoms with Crippen molar-refractivity contribution in [1.82, 2.24) is 15.2 Å². The summed E-state index contributed by atoms with van der Waals surface area (Å²) in [5, 5.41) is 0. The Hall–Kier alpha value is -2.91. The number of rotatable bonds is 4. The molecule has 0 spiro atoms. The number of carbonyl (C=O) groups excluding carboxylic acids is 2. The summed E-state index contributed by atoms with van der Waals surface area (Å²) in [6.07, 6.45) is 3.42. The maximum Gasteiger partial charge on any atom is 0.269 e. The fourth-order valence-corrected chi connectivity index (χ4v) is 5.20. The molecule has 2 aromatic carbocycles. The molecule has 0 unspecified atom stereocenters. The van der Waals surface area contributed by atoms with Gasteiger partial charge < -0.3 is 4.74 Å². The third kappa shape index (κ3) is 4.17. The van der Waals surface area contributed by atoms with E-state index in [1.807, 2.05) is 0 Å². The van der Waals surface area contributed by atoms with Gasteiger partial charge in [-0.05, 0) is 54.8 Å². The lowest BCUT2D eigenvalue weighted by Crippen LogP contribution is -2.41. The van der Waals surface area contributed by atoms with Gasteiger partial charge in [0.05, 0.1) is 11.5 Å². The van der Waals surface area contributed by atoms with Crippen LogP contribution in [0.25, 0.3) is 0 Å². The molecule has 2 amide bonds. The Balaban J connectivity index is 1.42. The van der Waals surface area contributed by atoms with Crippen LogP contribution in [-0.4, -0.2) is 44.2 Å². The highest BCUT2D eigenvalue weighted by atomic mass is 32.2. The number of hydrogen-bond donors (Lipinski definition) is 2. The summed E-state index contributed by atoms with van der Waals surface area (Å²) in [5.41, 5.74) is 6.22. The number of sulfonamides is 1. The molecule has 8 nitrogen and oxygen atoms in total. The van der Waals surface area contributed by atoms with Crippen LogP contribution in [0.2, 0.25) is 0 Å². The summed E-state index contributed by atoms with van der Waals surface area (Å²) in [4.78, 5) is 24.9. The molecule has 0 radical (unpaired) electrons. The average Bonchev–Trinajstić information content (AvgIpc) is 3.26. The maximum atomic E-state index is 12.8. The molecule has 0 aromatic heterocycles. The number of nitrogens with zero attached hydrogens (tertiary/aromatic N) is 1. The van der Waals surface area contributed by atoms with Gasteiger partial charge in [-0.2, -0.15) is 4.31 Å². The molecule has 0 saturated carbocycles. The van der Waals surface area contributed by atoms with Crippen LogP contribution in [0.5, 0.6) is 5.75 Å². The van der Waals surface area contributed by atoms with E-state index in [1.54, 1.807) is 18.2 Å². The fourth-order valence-electron chi connectivity index (χ4n) is 3.64. The van der Waals surface area contributed by atoms with Crippen LogP contribution in [0.1, 0.15) is 45.5 Å². The van der Waals surface area contributed by atoms with Crippen molar-refractivity contribution >= 4 is 21.8 Å². The van der Waals surface area contributed by atoms with E-state index in [4.69, 9.17) is 4.74 Å².